The van der Waals surface area contributed by atoms with Crippen LogP contribution >= 0.6 is 0 Å². The zero-order valence-corrected chi connectivity index (χ0v) is 16.1. The summed E-state index contributed by atoms with van der Waals surface area (Å²) in [7, 11) is -4.31. The van der Waals surface area contributed by atoms with Gasteiger partial charge in [0.1, 0.15) is 16.2 Å². The second-order valence-corrected chi connectivity index (χ2v) is 7.77. The number of fused-ring (bicyclic) bond motifs is 1. The summed E-state index contributed by atoms with van der Waals surface area (Å²) in [6.45, 7) is 1.55. The molecule has 30 heavy (non-hydrogen) atoms. The molecule has 0 saturated heterocycles. The van der Waals surface area contributed by atoms with Crippen LogP contribution in [0, 0.1) is 0 Å². The number of rotatable bonds is 5. The van der Waals surface area contributed by atoms with E-state index in [4.69, 9.17) is 8.60 Å². The zero-order valence-electron chi connectivity index (χ0n) is 15.3. The van der Waals surface area contributed by atoms with Crippen LogP contribution in [0.4, 0.5) is 13.2 Å². The summed E-state index contributed by atoms with van der Waals surface area (Å²) >= 11 is 0. The molecule has 3 aromatic rings. The van der Waals surface area contributed by atoms with E-state index in [9.17, 15) is 31.2 Å². The van der Waals surface area contributed by atoms with Crippen molar-refractivity contribution in [2.45, 2.75) is 24.5 Å². The van der Waals surface area contributed by atoms with Gasteiger partial charge in [0.2, 0.25) is 5.91 Å². The number of hydrogen-bond acceptors (Lipinski definition) is 6. The van der Waals surface area contributed by atoms with Crippen molar-refractivity contribution in [2.75, 3.05) is 0 Å². The molecule has 1 N–H and O–H groups in total. The van der Waals surface area contributed by atoms with Crippen molar-refractivity contribution < 1.29 is 35.0 Å². The molecule has 0 aliphatic heterocycles. The Bertz CT molecular complexity index is 1260. The highest BCUT2D eigenvalue weighted by molar-refractivity contribution is 7.87. The highest BCUT2D eigenvalue weighted by Gasteiger charge is 2.34. The van der Waals surface area contributed by atoms with Crippen LogP contribution < -0.4 is 15.1 Å². The molecule has 0 unspecified atom stereocenters. The predicted molar refractivity (Wildman–Crippen MR) is 99.3 cm³/mol. The smallest absolute Gasteiger partial charge is 0.417 e. The standard InChI is InChI=1S/C19H14F3NO6S/c1-11(24)23-10-12-2-5-14(6-3-12)30(26,27)29-13-4-7-15-16(19(20,21)22)9-18(25)28-17(15)8-13/h2-9H,10H2,1H3,(H,23,24). The van der Waals surface area contributed by atoms with Gasteiger partial charge < -0.3 is 13.9 Å². The summed E-state index contributed by atoms with van der Waals surface area (Å²) in [6.07, 6.45) is -4.79. The minimum Gasteiger partial charge on any atom is -0.423 e. The Morgan fingerprint density at radius 1 is 1.10 bits per heavy atom. The minimum absolute atomic E-state index is 0.209. The van der Waals surface area contributed by atoms with E-state index in [0.29, 0.717) is 11.6 Å². The van der Waals surface area contributed by atoms with Gasteiger partial charge in [-0.2, -0.15) is 21.6 Å². The molecule has 2 aromatic carbocycles. The zero-order chi connectivity index (χ0) is 22.1. The first-order valence-electron chi connectivity index (χ1n) is 8.39. The molecule has 0 aliphatic carbocycles. The van der Waals surface area contributed by atoms with Gasteiger partial charge in [-0.05, 0) is 29.8 Å². The number of carbonyl (C=O) groups excluding carboxylic acids is 1. The molecule has 1 heterocycles. The molecule has 11 heteroatoms. The second-order valence-electron chi connectivity index (χ2n) is 6.23. The Morgan fingerprint density at radius 3 is 2.37 bits per heavy atom. The molecule has 158 valence electrons. The minimum atomic E-state index is -4.79. The van der Waals surface area contributed by atoms with Gasteiger partial charge in [-0.25, -0.2) is 4.79 Å². The van der Waals surface area contributed by atoms with E-state index >= 15 is 0 Å². The molecule has 0 atom stereocenters. The van der Waals surface area contributed by atoms with Gasteiger partial charge in [0, 0.05) is 31.0 Å². The van der Waals surface area contributed by atoms with Gasteiger partial charge in [0.15, 0.2) is 0 Å². The number of amides is 1. The fourth-order valence-electron chi connectivity index (χ4n) is 2.60. The third-order valence-corrected chi connectivity index (χ3v) is 5.24. The Morgan fingerprint density at radius 2 is 1.77 bits per heavy atom. The summed E-state index contributed by atoms with van der Waals surface area (Å²) in [6, 6.07) is 8.67. The van der Waals surface area contributed by atoms with E-state index in [1.54, 1.807) is 0 Å². The predicted octanol–water partition coefficient (Wildman–Crippen LogP) is 3.22. The molecular formula is C19H14F3NO6S. The maximum absolute atomic E-state index is 13.1. The number of halogens is 3. The van der Waals surface area contributed by atoms with Gasteiger partial charge in [-0.3, -0.25) is 4.79 Å². The van der Waals surface area contributed by atoms with Gasteiger partial charge in [0.25, 0.3) is 0 Å². The van der Waals surface area contributed by atoms with Crippen LogP contribution in [0.1, 0.15) is 18.1 Å². The van der Waals surface area contributed by atoms with E-state index in [1.807, 2.05) is 0 Å². The van der Waals surface area contributed by atoms with Gasteiger partial charge in [-0.1, -0.05) is 12.1 Å². The molecule has 0 saturated carbocycles. The van der Waals surface area contributed by atoms with Crippen LogP contribution in [-0.2, 0) is 27.6 Å². The van der Waals surface area contributed by atoms with Gasteiger partial charge >= 0.3 is 21.9 Å². The first-order chi connectivity index (χ1) is 14.0. The van der Waals surface area contributed by atoms with Gasteiger partial charge in [0.05, 0.1) is 5.56 Å². The van der Waals surface area contributed by atoms with E-state index in [2.05, 4.69) is 5.32 Å². The lowest BCUT2D eigenvalue weighted by Crippen LogP contribution is -2.19. The fourth-order valence-corrected chi connectivity index (χ4v) is 3.53. The molecular weight excluding hydrogens is 427 g/mol. The summed E-state index contributed by atoms with van der Waals surface area (Å²) in [5.74, 6) is -0.570. The molecule has 0 bridgehead atoms. The van der Waals surface area contributed by atoms with E-state index in [0.717, 1.165) is 18.2 Å². The van der Waals surface area contributed by atoms with Crippen molar-refractivity contribution in [2.24, 2.45) is 0 Å². The van der Waals surface area contributed by atoms with Crippen molar-refractivity contribution in [3.05, 3.63) is 70.1 Å². The first-order valence-corrected chi connectivity index (χ1v) is 9.79. The third kappa shape index (κ3) is 4.79. The lowest BCUT2D eigenvalue weighted by atomic mass is 10.1. The number of hydrogen-bond donors (Lipinski definition) is 1. The second kappa shape index (κ2) is 7.82. The molecule has 7 nitrogen and oxygen atoms in total. The number of benzene rings is 2. The van der Waals surface area contributed by atoms with Crippen LogP contribution in [-0.4, -0.2) is 14.3 Å². The Balaban J connectivity index is 1.89. The average Bonchev–Trinajstić information content (AvgIpc) is 2.64. The lowest BCUT2D eigenvalue weighted by molar-refractivity contribution is -0.136. The van der Waals surface area contributed by atoms with Crippen LogP contribution in [0.3, 0.4) is 0 Å². The topological polar surface area (TPSA) is 103 Å². The normalized spacial score (nSPS) is 12.0. The van der Waals surface area contributed by atoms with Crippen LogP contribution in [0.2, 0.25) is 0 Å². The maximum atomic E-state index is 13.1. The monoisotopic (exact) mass is 441 g/mol. The van der Waals surface area contributed by atoms with Crippen molar-refractivity contribution >= 4 is 27.0 Å². The van der Waals surface area contributed by atoms with Crippen LogP contribution in [0.25, 0.3) is 11.0 Å². The van der Waals surface area contributed by atoms with Crippen molar-refractivity contribution in [1.29, 1.82) is 0 Å². The summed E-state index contributed by atoms with van der Waals surface area (Å²) < 4.78 is 73.9. The quantitative estimate of drug-likeness (QED) is 0.482. The van der Waals surface area contributed by atoms with Crippen molar-refractivity contribution in [3.8, 4) is 5.75 Å². The largest absolute Gasteiger partial charge is 0.423 e. The van der Waals surface area contributed by atoms with E-state index in [-0.39, 0.29) is 23.1 Å². The highest BCUT2D eigenvalue weighted by atomic mass is 32.2. The fraction of sp³-hybridized carbons (Fsp3) is 0.158. The Labute approximate surface area is 168 Å². The number of nitrogens with one attached hydrogen (secondary N) is 1. The van der Waals surface area contributed by atoms with E-state index in [1.165, 1.54) is 31.2 Å². The van der Waals surface area contributed by atoms with Crippen molar-refractivity contribution in [1.82, 2.24) is 5.32 Å². The summed E-state index contributed by atoms with van der Waals surface area (Å²) in [4.78, 5) is 22.2. The van der Waals surface area contributed by atoms with Crippen LogP contribution in [0.5, 0.6) is 5.75 Å². The Hall–Kier alpha value is -3.34. The van der Waals surface area contributed by atoms with Gasteiger partial charge in [-0.15, -0.1) is 0 Å². The molecule has 0 aliphatic rings. The summed E-state index contributed by atoms with van der Waals surface area (Å²) in [5.41, 5.74) is -2.24. The van der Waals surface area contributed by atoms with E-state index < -0.39 is 38.5 Å². The summed E-state index contributed by atoms with van der Waals surface area (Å²) in [5, 5.41) is 2.15. The van der Waals surface area contributed by atoms with Crippen LogP contribution in [0.15, 0.2) is 62.6 Å². The SMILES string of the molecule is CC(=O)NCc1ccc(S(=O)(=O)Oc2ccc3c(C(F)(F)F)cc(=O)oc3c2)cc1. The molecule has 0 fully saturated rings. The third-order valence-electron chi connectivity index (χ3n) is 3.98. The average molecular weight is 441 g/mol. The molecule has 0 radical (unpaired) electrons. The first kappa shape index (κ1) is 21.4. The molecule has 3 rings (SSSR count). The molecule has 1 aromatic heterocycles. The lowest BCUT2D eigenvalue weighted by Gasteiger charge is -2.11. The molecule has 0 spiro atoms. The highest BCUT2D eigenvalue weighted by Crippen LogP contribution is 2.35. The number of carbonyl (C=O) groups is 1. The Kier molecular flexibility index (Phi) is 5.57. The molecule has 1 amide bonds. The van der Waals surface area contributed by atoms with Crippen molar-refractivity contribution in [3.63, 3.8) is 0 Å². The number of alkyl halides is 3. The maximum Gasteiger partial charge on any atom is 0.417 e.